The number of anilines is 1. The van der Waals surface area contributed by atoms with Crippen molar-refractivity contribution in [3.05, 3.63) is 81.1 Å². The minimum Gasteiger partial charge on any atom is -0.342 e. The van der Waals surface area contributed by atoms with Gasteiger partial charge in [-0.2, -0.15) is 13.2 Å². The molecule has 1 unspecified atom stereocenters. The molecule has 0 radical (unpaired) electrons. The normalized spacial score (nSPS) is 12.2. The maximum absolute atomic E-state index is 13.0. The molecule has 0 spiro atoms. The highest BCUT2D eigenvalue weighted by atomic mass is 35.5. The smallest absolute Gasteiger partial charge is 0.342 e. The van der Waals surface area contributed by atoms with E-state index in [-0.39, 0.29) is 33.6 Å². The number of benzene rings is 2. The number of nitrogens with zero attached hydrogens (tertiary/aromatic N) is 3. The maximum atomic E-state index is 13.0. The van der Waals surface area contributed by atoms with Gasteiger partial charge in [0.15, 0.2) is 11.0 Å². The molecule has 14 heteroatoms. The lowest BCUT2D eigenvalue weighted by molar-refractivity contribution is -0.137. The summed E-state index contributed by atoms with van der Waals surface area (Å²) in [5, 5.41) is 14.3. The maximum Gasteiger partial charge on any atom is 0.416 e. The molecule has 0 aliphatic heterocycles. The number of carbonyl (C=O) groups excluding carboxylic acids is 2. The van der Waals surface area contributed by atoms with Gasteiger partial charge in [0.05, 0.1) is 38.7 Å². The van der Waals surface area contributed by atoms with E-state index in [4.69, 9.17) is 34.8 Å². The Hall–Kier alpha value is -2.73. The SMILES string of the molecule is C=CCn1c(SCC(=O)Nc2cc(C(F)(F)F)ccc2Cl)nnc1C(C)NC(=O)c1ccc(Cl)cc1Cl. The van der Waals surface area contributed by atoms with Crippen LogP contribution in [0.25, 0.3) is 0 Å². The van der Waals surface area contributed by atoms with Crippen LogP contribution in [0, 0.1) is 0 Å². The van der Waals surface area contributed by atoms with Gasteiger partial charge in [-0.1, -0.05) is 52.6 Å². The molecule has 0 fully saturated rings. The molecule has 2 N–H and O–H groups in total. The van der Waals surface area contributed by atoms with Crippen LogP contribution in [0.4, 0.5) is 18.9 Å². The second-order valence-electron chi connectivity index (χ2n) is 7.59. The van der Waals surface area contributed by atoms with Gasteiger partial charge in [-0.25, -0.2) is 0 Å². The van der Waals surface area contributed by atoms with Gasteiger partial charge in [0.2, 0.25) is 5.91 Å². The van der Waals surface area contributed by atoms with Gasteiger partial charge in [0.1, 0.15) is 0 Å². The van der Waals surface area contributed by atoms with Gasteiger partial charge in [-0.15, -0.1) is 16.8 Å². The Morgan fingerprint density at radius 3 is 2.51 bits per heavy atom. The quantitative estimate of drug-likeness (QED) is 0.214. The first kappa shape index (κ1) is 28.8. The molecule has 3 rings (SSSR count). The first-order chi connectivity index (χ1) is 17.4. The summed E-state index contributed by atoms with van der Waals surface area (Å²) in [5.41, 5.74) is -0.870. The molecule has 1 atom stereocenters. The topological polar surface area (TPSA) is 88.9 Å². The van der Waals surface area contributed by atoms with Gasteiger partial charge in [0.25, 0.3) is 5.91 Å². The van der Waals surface area contributed by atoms with Crippen LogP contribution in [0.3, 0.4) is 0 Å². The van der Waals surface area contributed by atoms with Crippen molar-refractivity contribution in [2.45, 2.75) is 30.8 Å². The first-order valence-electron chi connectivity index (χ1n) is 10.5. The molecule has 2 aromatic carbocycles. The number of aromatic nitrogens is 3. The fourth-order valence-electron chi connectivity index (χ4n) is 3.15. The molecule has 0 aliphatic carbocycles. The number of thioether (sulfide) groups is 1. The van der Waals surface area contributed by atoms with Crippen molar-refractivity contribution in [2.24, 2.45) is 0 Å². The van der Waals surface area contributed by atoms with Crippen molar-refractivity contribution in [3.8, 4) is 0 Å². The fourth-order valence-corrected chi connectivity index (χ4v) is 4.57. The summed E-state index contributed by atoms with van der Waals surface area (Å²) in [5.74, 6) is -0.848. The Morgan fingerprint density at radius 1 is 1.14 bits per heavy atom. The Labute approximate surface area is 229 Å². The molecule has 0 bridgehead atoms. The molecule has 1 heterocycles. The third-order valence-corrected chi connectivity index (χ3v) is 6.71. The summed E-state index contributed by atoms with van der Waals surface area (Å²) in [6.45, 7) is 5.67. The van der Waals surface area contributed by atoms with Gasteiger partial charge < -0.3 is 15.2 Å². The minimum absolute atomic E-state index is 0.0335. The molecule has 0 saturated carbocycles. The summed E-state index contributed by atoms with van der Waals surface area (Å²) in [6.07, 6.45) is -2.99. The number of amides is 2. The summed E-state index contributed by atoms with van der Waals surface area (Å²) in [6, 6.07) is 6.55. The van der Waals surface area contributed by atoms with Crippen LogP contribution in [0.15, 0.2) is 54.2 Å². The Kier molecular flexibility index (Phi) is 9.51. The second kappa shape index (κ2) is 12.2. The van der Waals surface area contributed by atoms with Crippen LogP contribution in [-0.2, 0) is 17.5 Å². The van der Waals surface area contributed by atoms with E-state index in [1.165, 1.54) is 12.1 Å². The number of carbonyl (C=O) groups is 2. The van der Waals surface area contributed by atoms with Crippen molar-refractivity contribution in [1.82, 2.24) is 20.1 Å². The number of rotatable bonds is 9. The Balaban J connectivity index is 1.70. The Bertz CT molecular complexity index is 1330. The van der Waals surface area contributed by atoms with Crippen LogP contribution in [0.1, 0.15) is 34.7 Å². The highest BCUT2D eigenvalue weighted by Crippen LogP contribution is 2.34. The standard InChI is InChI=1S/C23H19Cl3F3N5O2S/c1-3-8-34-20(12(2)30-21(36)15-6-5-14(24)10-17(15)26)32-33-22(34)37-11-19(35)31-18-9-13(23(27,28)29)4-7-16(18)25/h3-7,9-10,12H,1,8,11H2,2H3,(H,30,36)(H,31,35). The monoisotopic (exact) mass is 591 g/mol. The van der Waals surface area contributed by atoms with Gasteiger partial charge in [0, 0.05) is 11.6 Å². The van der Waals surface area contributed by atoms with E-state index >= 15 is 0 Å². The minimum atomic E-state index is -4.58. The molecule has 0 saturated heterocycles. The summed E-state index contributed by atoms with van der Waals surface area (Å²) < 4.78 is 40.6. The largest absolute Gasteiger partial charge is 0.416 e. The van der Waals surface area contributed by atoms with Crippen molar-refractivity contribution in [3.63, 3.8) is 0 Å². The van der Waals surface area contributed by atoms with Gasteiger partial charge >= 0.3 is 6.18 Å². The number of allylic oxidation sites excluding steroid dienone is 1. The number of hydrogen-bond donors (Lipinski definition) is 2. The van der Waals surface area contributed by atoms with Crippen molar-refractivity contribution >= 4 is 64.1 Å². The average Bonchev–Trinajstić information content (AvgIpc) is 3.21. The number of hydrogen-bond acceptors (Lipinski definition) is 5. The summed E-state index contributed by atoms with van der Waals surface area (Å²) >= 11 is 18.9. The van der Waals surface area contributed by atoms with Crippen LogP contribution in [0.2, 0.25) is 15.1 Å². The zero-order valence-corrected chi connectivity index (χ0v) is 22.2. The highest BCUT2D eigenvalue weighted by Gasteiger charge is 2.31. The van der Waals surface area contributed by atoms with Crippen molar-refractivity contribution in [2.75, 3.05) is 11.1 Å². The van der Waals surface area contributed by atoms with E-state index in [1.54, 1.807) is 23.6 Å². The zero-order chi connectivity index (χ0) is 27.3. The van der Waals surface area contributed by atoms with E-state index in [0.717, 1.165) is 30.0 Å². The highest BCUT2D eigenvalue weighted by molar-refractivity contribution is 7.99. The van der Waals surface area contributed by atoms with Gasteiger partial charge in [-0.3, -0.25) is 9.59 Å². The Morgan fingerprint density at radius 2 is 1.86 bits per heavy atom. The lowest BCUT2D eigenvalue weighted by Gasteiger charge is -2.16. The molecular formula is C23H19Cl3F3N5O2S. The molecule has 1 aromatic heterocycles. The van der Waals surface area contributed by atoms with Gasteiger partial charge in [-0.05, 0) is 43.3 Å². The number of alkyl halides is 3. The van der Waals surface area contributed by atoms with Crippen molar-refractivity contribution < 1.29 is 22.8 Å². The predicted octanol–water partition coefficient (Wildman–Crippen LogP) is 6.66. The van der Waals surface area contributed by atoms with E-state index < -0.39 is 29.6 Å². The first-order valence-corrected chi connectivity index (χ1v) is 12.6. The van der Waals surface area contributed by atoms with Crippen molar-refractivity contribution in [1.29, 1.82) is 0 Å². The summed E-state index contributed by atoms with van der Waals surface area (Å²) in [7, 11) is 0. The van der Waals surface area contributed by atoms with E-state index in [2.05, 4.69) is 27.4 Å². The molecule has 7 nitrogen and oxygen atoms in total. The van der Waals surface area contributed by atoms with Crippen LogP contribution >= 0.6 is 46.6 Å². The van der Waals surface area contributed by atoms with Crippen LogP contribution < -0.4 is 10.6 Å². The lowest BCUT2D eigenvalue weighted by atomic mass is 10.2. The predicted molar refractivity (Wildman–Crippen MR) is 138 cm³/mol. The van der Waals surface area contributed by atoms with E-state index in [1.807, 2.05) is 0 Å². The summed E-state index contributed by atoms with van der Waals surface area (Å²) in [4.78, 5) is 25.1. The average molecular weight is 593 g/mol. The molecule has 37 heavy (non-hydrogen) atoms. The third-order valence-electron chi connectivity index (χ3n) is 4.87. The number of halogens is 6. The third kappa shape index (κ3) is 7.41. The lowest BCUT2D eigenvalue weighted by Crippen LogP contribution is -2.29. The van der Waals surface area contributed by atoms with E-state index in [0.29, 0.717) is 16.0 Å². The molecule has 196 valence electrons. The second-order valence-corrected chi connectivity index (χ2v) is 9.78. The molecule has 0 aliphatic rings. The van der Waals surface area contributed by atoms with E-state index in [9.17, 15) is 22.8 Å². The fraction of sp³-hybridized carbons (Fsp3) is 0.217. The molecule has 2 amide bonds. The zero-order valence-electron chi connectivity index (χ0n) is 19.1. The van der Waals surface area contributed by atoms with Crippen LogP contribution in [0.5, 0.6) is 0 Å². The molecule has 3 aromatic rings. The van der Waals surface area contributed by atoms with Crippen LogP contribution in [-0.4, -0.2) is 32.3 Å². The number of nitrogens with one attached hydrogen (secondary N) is 2. The molecular weight excluding hydrogens is 574 g/mol.